The van der Waals surface area contributed by atoms with Crippen LogP contribution in [0.2, 0.25) is 5.02 Å². The predicted molar refractivity (Wildman–Crippen MR) is 130 cm³/mol. The second-order valence-electron chi connectivity index (χ2n) is 7.69. The number of oxazole rings is 1. The molecule has 0 fully saturated rings. The van der Waals surface area contributed by atoms with Crippen molar-refractivity contribution >= 4 is 33.9 Å². The Morgan fingerprint density at radius 1 is 1.14 bits per heavy atom. The fraction of sp³-hybridized carbons (Fsp3) is 0.125. The molecule has 2 atom stereocenters. The highest BCUT2D eigenvalue weighted by Crippen LogP contribution is 2.36. The van der Waals surface area contributed by atoms with Crippen LogP contribution in [0.25, 0.3) is 10.9 Å². The van der Waals surface area contributed by atoms with E-state index in [1.54, 1.807) is 12.3 Å². The summed E-state index contributed by atoms with van der Waals surface area (Å²) in [7, 11) is 0. The quantitative estimate of drug-likeness (QED) is 0.253. The number of benzene rings is 2. The van der Waals surface area contributed by atoms with Gasteiger partial charge in [0.2, 0.25) is 0 Å². The maximum absolute atomic E-state index is 10.1. The summed E-state index contributed by atoms with van der Waals surface area (Å²) in [6, 6.07) is 14.3. The highest BCUT2D eigenvalue weighted by molar-refractivity contribution is 6.35. The van der Waals surface area contributed by atoms with Crippen molar-refractivity contribution in [3.05, 3.63) is 95.1 Å². The van der Waals surface area contributed by atoms with Crippen molar-refractivity contribution in [2.75, 3.05) is 17.2 Å². The number of fused-ring (bicyclic) bond motifs is 1. The number of aliphatic hydroxyl groups is 1. The number of aliphatic hydroxyl groups excluding tert-OH is 1. The number of aromatic nitrogens is 5. The fourth-order valence-corrected chi connectivity index (χ4v) is 4.13. The summed E-state index contributed by atoms with van der Waals surface area (Å²) in [6.45, 7) is -0.176. The molecule has 0 amide bonds. The minimum Gasteiger partial charge on any atom is -0.451 e. The highest BCUT2D eigenvalue weighted by Gasteiger charge is 2.22. The molecule has 0 spiro atoms. The molecule has 174 valence electrons. The number of H-pyrrole nitrogens is 1. The first-order chi connectivity index (χ1) is 17.2. The molecule has 0 aliphatic heterocycles. The Morgan fingerprint density at radius 3 is 2.69 bits per heavy atom. The molecule has 11 heteroatoms. The molecule has 5 rings (SSSR count). The van der Waals surface area contributed by atoms with E-state index >= 15 is 0 Å². The zero-order chi connectivity index (χ0) is 24.2. The van der Waals surface area contributed by atoms with Crippen molar-refractivity contribution in [2.24, 2.45) is 0 Å². The number of hydrogen-bond acceptors (Lipinski definition) is 9. The van der Waals surface area contributed by atoms with Gasteiger partial charge in [-0.15, -0.1) is 5.10 Å². The van der Waals surface area contributed by atoms with Crippen LogP contribution in [-0.2, 0) is 0 Å². The van der Waals surface area contributed by atoms with E-state index in [1.165, 1.54) is 18.9 Å². The van der Waals surface area contributed by atoms with Gasteiger partial charge in [0.25, 0.3) is 0 Å². The van der Waals surface area contributed by atoms with Crippen molar-refractivity contribution in [1.29, 1.82) is 5.26 Å². The number of halogens is 1. The fourth-order valence-electron chi connectivity index (χ4n) is 3.86. The second kappa shape index (κ2) is 9.80. The molecule has 0 aliphatic carbocycles. The van der Waals surface area contributed by atoms with Gasteiger partial charge in [0.05, 0.1) is 34.4 Å². The smallest absolute Gasteiger partial charge is 0.180 e. The maximum Gasteiger partial charge on any atom is 0.180 e. The summed E-state index contributed by atoms with van der Waals surface area (Å²) >= 11 is 6.62. The molecule has 0 saturated heterocycles. The van der Waals surface area contributed by atoms with Crippen LogP contribution in [0, 0.1) is 11.3 Å². The van der Waals surface area contributed by atoms with Gasteiger partial charge in [0, 0.05) is 23.5 Å². The highest BCUT2D eigenvalue weighted by atomic mass is 35.5. The van der Waals surface area contributed by atoms with Gasteiger partial charge in [-0.25, -0.2) is 4.98 Å². The average Bonchev–Trinajstić information content (AvgIpc) is 3.61. The summed E-state index contributed by atoms with van der Waals surface area (Å²) < 4.78 is 5.16. The van der Waals surface area contributed by atoms with Crippen molar-refractivity contribution in [3.8, 4) is 6.07 Å². The summed E-state index contributed by atoms with van der Waals surface area (Å²) in [6.07, 6.45) is 5.98. The molecule has 0 bridgehead atoms. The molecule has 0 aliphatic rings. The molecular weight excluding hydrogens is 468 g/mol. The van der Waals surface area contributed by atoms with Gasteiger partial charge in [-0.1, -0.05) is 47.1 Å². The van der Waals surface area contributed by atoms with Crippen LogP contribution in [0.15, 0.2) is 71.9 Å². The van der Waals surface area contributed by atoms with Crippen molar-refractivity contribution in [1.82, 2.24) is 25.4 Å². The average molecular weight is 487 g/mol. The van der Waals surface area contributed by atoms with Crippen LogP contribution >= 0.6 is 11.6 Å². The van der Waals surface area contributed by atoms with E-state index < -0.39 is 12.1 Å². The Bertz CT molecular complexity index is 1430. The first kappa shape index (κ1) is 22.3. The topological polar surface area (TPSA) is 149 Å². The van der Waals surface area contributed by atoms with Crippen LogP contribution in [0.3, 0.4) is 0 Å². The molecule has 3 heterocycles. The molecule has 10 nitrogen and oxygen atoms in total. The van der Waals surface area contributed by atoms with E-state index in [0.29, 0.717) is 44.3 Å². The Morgan fingerprint density at radius 2 is 2.00 bits per heavy atom. The zero-order valence-corrected chi connectivity index (χ0v) is 18.9. The van der Waals surface area contributed by atoms with E-state index in [2.05, 4.69) is 42.1 Å². The van der Waals surface area contributed by atoms with Gasteiger partial charge >= 0.3 is 0 Å². The minimum absolute atomic E-state index is 0.176. The first-order valence-corrected chi connectivity index (χ1v) is 11.0. The Hall–Kier alpha value is -4.46. The first-order valence-electron chi connectivity index (χ1n) is 10.6. The van der Waals surface area contributed by atoms with E-state index in [1.807, 2.05) is 36.4 Å². The van der Waals surface area contributed by atoms with E-state index in [0.717, 1.165) is 5.56 Å². The van der Waals surface area contributed by atoms with Gasteiger partial charge < -0.3 is 20.2 Å². The standard InChI is InChI=1S/C24H19ClN8O2/c25-18-7-16(30-24(19-10-29-33-32-19)21-12-35-13-28-21)6-17-22(15(8-26)9-27-23(17)18)31-20(11-34)14-4-2-1-3-5-14/h1-7,9-10,12-13,20,24,30,34H,11H2,(H,27,31)(H,29,32,33)/t20-,24-/m1/s1. The summed E-state index contributed by atoms with van der Waals surface area (Å²) in [5, 5.41) is 38.2. The van der Waals surface area contributed by atoms with Gasteiger partial charge in [0.15, 0.2) is 6.39 Å². The van der Waals surface area contributed by atoms with Crippen LogP contribution in [0.5, 0.6) is 0 Å². The van der Waals surface area contributed by atoms with Crippen LogP contribution in [0.1, 0.15) is 34.6 Å². The Kier molecular flexibility index (Phi) is 6.26. The minimum atomic E-state index is -0.473. The Balaban J connectivity index is 1.59. The number of nitriles is 1. The van der Waals surface area contributed by atoms with E-state index in [9.17, 15) is 10.4 Å². The lowest BCUT2D eigenvalue weighted by Crippen LogP contribution is -2.16. The van der Waals surface area contributed by atoms with Crippen molar-refractivity contribution < 1.29 is 9.52 Å². The van der Waals surface area contributed by atoms with E-state index in [-0.39, 0.29) is 6.61 Å². The largest absolute Gasteiger partial charge is 0.451 e. The van der Waals surface area contributed by atoms with E-state index in [4.69, 9.17) is 16.0 Å². The van der Waals surface area contributed by atoms with Crippen molar-refractivity contribution in [2.45, 2.75) is 12.1 Å². The number of pyridine rings is 1. The van der Waals surface area contributed by atoms with Gasteiger partial charge in [0.1, 0.15) is 29.8 Å². The number of nitrogens with one attached hydrogen (secondary N) is 3. The molecular formula is C24H19ClN8O2. The monoisotopic (exact) mass is 486 g/mol. The zero-order valence-electron chi connectivity index (χ0n) is 18.2. The maximum atomic E-state index is 10.1. The SMILES string of the molecule is N#Cc1cnc2c(Cl)cc(N[C@@H](c3cocn3)c3c[nH]nn3)cc2c1N[C@H](CO)c1ccccc1. The molecule has 35 heavy (non-hydrogen) atoms. The molecule has 5 aromatic rings. The number of anilines is 2. The lowest BCUT2D eigenvalue weighted by molar-refractivity contribution is 0.276. The number of hydrogen-bond donors (Lipinski definition) is 4. The van der Waals surface area contributed by atoms with Crippen LogP contribution in [-0.4, -0.2) is 37.1 Å². The molecule has 3 aromatic heterocycles. The van der Waals surface area contributed by atoms with Crippen LogP contribution < -0.4 is 10.6 Å². The molecule has 0 unspecified atom stereocenters. The third-order valence-electron chi connectivity index (χ3n) is 5.54. The summed E-state index contributed by atoms with van der Waals surface area (Å²) in [5.74, 6) is 0. The molecule has 2 aromatic carbocycles. The summed E-state index contributed by atoms with van der Waals surface area (Å²) in [4.78, 5) is 8.64. The molecule has 0 radical (unpaired) electrons. The van der Waals surface area contributed by atoms with Gasteiger partial charge in [-0.3, -0.25) is 10.1 Å². The second-order valence-corrected chi connectivity index (χ2v) is 8.10. The number of aromatic amines is 1. The predicted octanol–water partition coefficient (Wildman–Crippen LogP) is 4.21. The third kappa shape index (κ3) is 4.50. The van der Waals surface area contributed by atoms with Gasteiger partial charge in [-0.05, 0) is 17.7 Å². The normalized spacial score (nSPS) is 12.7. The summed E-state index contributed by atoms with van der Waals surface area (Å²) in [5.41, 5.74) is 4.07. The van der Waals surface area contributed by atoms with Crippen LogP contribution in [0.4, 0.5) is 11.4 Å². The molecule has 0 saturated carbocycles. The Labute approximate surface area is 204 Å². The third-order valence-corrected chi connectivity index (χ3v) is 5.83. The number of nitrogens with zero attached hydrogens (tertiary/aromatic N) is 5. The lowest BCUT2D eigenvalue weighted by Gasteiger charge is -2.21. The van der Waals surface area contributed by atoms with Crippen molar-refractivity contribution in [3.63, 3.8) is 0 Å². The molecule has 4 N–H and O–H groups in total. The van der Waals surface area contributed by atoms with Gasteiger partial charge in [-0.2, -0.15) is 5.26 Å². The number of rotatable bonds is 8. The lowest BCUT2D eigenvalue weighted by atomic mass is 10.0.